The Balaban J connectivity index is 1.34. The van der Waals surface area contributed by atoms with Gasteiger partial charge in [-0.05, 0) is 67.3 Å². The third-order valence-electron chi connectivity index (χ3n) is 8.45. The molecule has 2 amide bonds. The van der Waals surface area contributed by atoms with Crippen molar-refractivity contribution in [3.8, 4) is 11.5 Å². The first-order valence-corrected chi connectivity index (χ1v) is 16.7. The second kappa shape index (κ2) is 14.1. The Morgan fingerprint density at radius 1 is 0.936 bits per heavy atom. The highest BCUT2D eigenvalue weighted by Gasteiger charge is 2.41. The summed E-state index contributed by atoms with van der Waals surface area (Å²) in [6.45, 7) is 1.22. The molecule has 4 aromatic rings. The summed E-state index contributed by atoms with van der Waals surface area (Å²) in [5, 5.41) is 3.18. The van der Waals surface area contributed by atoms with E-state index >= 15 is 0 Å². The number of ether oxygens (including phenoxy) is 1. The number of carbonyl (C=O) groups is 2. The highest BCUT2D eigenvalue weighted by atomic mass is 32.2. The van der Waals surface area contributed by atoms with Crippen molar-refractivity contribution in [3.63, 3.8) is 0 Å². The number of amides is 2. The van der Waals surface area contributed by atoms with Gasteiger partial charge in [-0.2, -0.15) is 13.2 Å². The first-order chi connectivity index (χ1) is 22.7. The molecule has 1 fully saturated rings. The second-order valence-electron chi connectivity index (χ2n) is 11.7. The summed E-state index contributed by atoms with van der Waals surface area (Å²) in [6.07, 6.45) is -2.35. The standard InChI is InChI=1S/C37H36F3N3O3S/c1-2-3-22-42(24-37(38,39)40)36(45)33-27-16-8-10-19-30(27)47-31-20-11-17-28(34(31)33)43-23-12-21-32(43)41-35(44)26-15-7-9-18-29(26)46-25-13-5-4-6-14-25/h4-11,13-20,32-33H,2-3,12,21-24H2,1H3,(H,41,44). The lowest BCUT2D eigenvalue weighted by Crippen LogP contribution is -2.46. The van der Waals surface area contributed by atoms with Crippen molar-refractivity contribution in [2.75, 3.05) is 24.5 Å². The van der Waals surface area contributed by atoms with Gasteiger partial charge in [0.05, 0.1) is 11.5 Å². The molecular formula is C37H36F3N3O3S. The number of rotatable bonds is 10. The Morgan fingerprint density at radius 2 is 1.66 bits per heavy atom. The Bertz CT molecular complexity index is 1730. The maximum Gasteiger partial charge on any atom is 0.406 e. The van der Waals surface area contributed by atoms with Gasteiger partial charge in [-0.1, -0.05) is 79.7 Å². The number of nitrogens with one attached hydrogen (secondary N) is 1. The number of fused-ring (bicyclic) bond motifs is 2. The van der Waals surface area contributed by atoms with E-state index in [9.17, 15) is 22.8 Å². The number of halogens is 3. The van der Waals surface area contributed by atoms with Crippen LogP contribution in [0.5, 0.6) is 11.5 Å². The molecule has 6 rings (SSSR count). The average molecular weight is 660 g/mol. The van der Waals surface area contributed by atoms with Gasteiger partial charge >= 0.3 is 6.18 Å². The largest absolute Gasteiger partial charge is 0.457 e. The van der Waals surface area contributed by atoms with E-state index in [4.69, 9.17) is 4.74 Å². The fourth-order valence-electron chi connectivity index (χ4n) is 6.31. The molecular weight excluding hydrogens is 623 g/mol. The van der Waals surface area contributed by atoms with Gasteiger partial charge in [-0.3, -0.25) is 9.59 Å². The molecule has 2 heterocycles. The van der Waals surface area contributed by atoms with E-state index in [0.29, 0.717) is 54.0 Å². The maximum atomic E-state index is 14.3. The normalized spacial score (nSPS) is 17.1. The molecule has 4 aromatic carbocycles. The maximum absolute atomic E-state index is 14.3. The lowest BCUT2D eigenvalue weighted by Gasteiger charge is -2.37. The topological polar surface area (TPSA) is 61.9 Å². The van der Waals surface area contributed by atoms with Crippen molar-refractivity contribution < 1.29 is 27.5 Å². The van der Waals surface area contributed by atoms with Crippen molar-refractivity contribution in [1.82, 2.24) is 10.2 Å². The molecule has 6 nitrogen and oxygen atoms in total. The van der Waals surface area contributed by atoms with Crippen LogP contribution in [-0.4, -0.2) is 48.7 Å². The molecule has 0 bridgehead atoms. The van der Waals surface area contributed by atoms with Gasteiger partial charge in [0, 0.05) is 34.1 Å². The first-order valence-electron chi connectivity index (χ1n) is 15.9. The molecule has 2 unspecified atom stereocenters. The van der Waals surface area contributed by atoms with Crippen LogP contribution in [0.2, 0.25) is 0 Å². The minimum Gasteiger partial charge on any atom is -0.457 e. The van der Waals surface area contributed by atoms with E-state index in [2.05, 4.69) is 10.2 Å². The molecule has 2 aliphatic rings. The van der Waals surface area contributed by atoms with Gasteiger partial charge < -0.3 is 19.9 Å². The smallest absolute Gasteiger partial charge is 0.406 e. The summed E-state index contributed by atoms with van der Waals surface area (Å²) < 4.78 is 47.4. The van der Waals surface area contributed by atoms with Crippen molar-refractivity contribution in [3.05, 3.63) is 114 Å². The number of carbonyl (C=O) groups excluding carboxylic acids is 2. The molecule has 10 heteroatoms. The zero-order chi connectivity index (χ0) is 33.0. The SMILES string of the molecule is CCCCN(CC(F)(F)F)C(=O)C1c2ccccc2Sc2cccc(N3CCCC3NC(=O)c3ccccc3Oc3ccccc3)c21. The van der Waals surface area contributed by atoms with E-state index in [0.717, 1.165) is 26.8 Å². The van der Waals surface area contributed by atoms with E-state index < -0.39 is 30.7 Å². The number of hydrogen-bond acceptors (Lipinski definition) is 5. The second-order valence-corrected chi connectivity index (χ2v) is 12.8. The van der Waals surface area contributed by atoms with Crippen LogP contribution in [-0.2, 0) is 4.79 Å². The molecule has 1 N–H and O–H groups in total. The van der Waals surface area contributed by atoms with Crippen molar-refractivity contribution in [1.29, 1.82) is 0 Å². The number of alkyl halides is 3. The highest BCUT2D eigenvalue weighted by Crippen LogP contribution is 2.50. The zero-order valence-electron chi connectivity index (χ0n) is 26.0. The number of nitrogens with zero attached hydrogens (tertiary/aromatic N) is 2. The third-order valence-corrected chi connectivity index (χ3v) is 9.62. The molecule has 2 atom stereocenters. The Kier molecular flexibility index (Phi) is 9.77. The number of unbranched alkanes of at least 4 members (excludes halogenated alkanes) is 1. The first kappa shape index (κ1) is 32.5. The molecule has 0 aliphatic carbocycles. The fraction of sp³-hybridized carbons (Fsp3) is 0.297. The van der Waals surface area contributed by atoms with Gasteiger partial charge in [0.25, 0.3) is 5.91 Å². The Morgan fingerprint density at radius 3 is 2.45 bits per heavy atom. The lowest BCUT2D eigenvalue weighted by atomic mass is 9.87. The van der Waals surface area contributed by atoms with E-state index in [1.807, 2.05) is 85.8 Å². The van der Waals surface area contributed by atoms with Gasteiger partial charge in [0.2, 0.25) is 5.91 Å². The van der Waals surface area contributed by atoms with Crippen molar-refractivity contribution >= 4 is 29.3 Å². The average Bonchev–Trinajstić information content (AvgIpc) is 3.53. The van der Waals surface area contributed by atoms with Gasteiger partial charge in [-0.15, -0.1) is 0 Å². The van der Waals surface area contributed by atoms with Crippen LogP contribution < -0.4 is 15.0 Å². The summed E-state index contributed by atoms with van der Waals surface area (Å²) in [5.74, 6) is -0.758. The molecule has 1 saturated heterocycles. The summed E-state index contributed by atoms with van der Waals surface area (Å²) in [7, 11) is 0. The van der Waals surface area contributed by atoms with Crippen LogP contribution in [0.3, 0.4) is 0 Å². The van der Waals surface area contributed by atoms with E-state index in [-0.39, 0.29) is 12.5 Å². The zero-order valence-corrected chi connectivity index (χ0v) is 26.8. The fourth-order valence-corrected chi connectivity index (χ4v) is 7.48. The molecule has 244 valence electrons. The number of benzene rings is 4. The summed E-state index contributed by atoms with van der Waals surface area (Å²) >= 11 is 1.51. The van der Waals surface area contributed by atoms with Gasteiger partial charge in [-0.25, -0.2) is 0 Å². The summed E-state index contributed by atoms with van der Waals surface area (Å²) in [4.78, 5) is 32.8. The lowest BCUT2D eigenvalue weighted by molar-refractivity contribution is -0.161. The molecule has 47 heavy (non-hydrogen) atoms. The monoisotopic (exact) mass is 659 g/mol. The third kappa shape index (κ3) is 7.27. The summed E-state index contributed by atoms with van der Waals surface area (Å²) in [5.41, 5.74) is 2.49. The van der Waals surface area contributed by atoms with Crippen molar-refractivity contribution in [2.45, 2.75) is 60.7 Å². The summed E-state index contributed by atoms with van der Waals surface area (Å²) in [6, 6.07) is 29.5. The molecule has 0 aromatic heterocycles. The van der Waals surface area contributed by atoms with E-state index in [1.165, 1.54) is 11.8 Å². The number of para-hydroxylation sites is 2. The van der Waals surface area contributed by atoms with E-state index in [1.54, 1.807) is 18.2 Å². The predicted molar refractivity (Wildman–Crippen MR) is 177 cm³/mol. The Labute approximate surface area is 276 Å². The van der Waals surface area contributed by atoms with Crippen LogP contribution in [0.4, 0.5) is 18.9 Å². The van der Waals surface area contributed by atoms with Crippen LogP contribution in [0.25, 0.3) is 0 Å². The minimum absolute atomic E-state index is 0.0189. The van der Waals surface area contributed by atoms with Crippen LogP contribution in [0.15, 0.2) is 107 Å². The molecule has 0 saturated carbocycles. The number of hydrogen-bond donors (Lipinski definition) is 1. The van der Waals surface area contributed by atoms with Crippen LogP contribution in [0.1, 0.15) is 60.0 Å². The Hall–Kier alpha value is -4.44. The van der Waals surface area contributed by atoms with Crippen LogP contribution >= 0.6 is 11.8 Å². The quantitative estimate of drug-likeness (QED) is 0.185. The minimum atomic E-state index is -4.53. The van der Waals surface area contributed by atoms with Crippen LogP contribution in [0, 0.1) is 0 Å². The molecule has 0 radical (unpaired) electrons. The van der Waals surface area contributed by atoms with Gasteiger partial charge in [0.1, 0.15) is 24.2 Å². The van der Waals surface area contributed by atoms with Crippen molar-refractivity contribution in [2.24, 2.45) is 0 Å². The highest BCUT2D eigenvalue weighted by molar-refractivity contribution is 7.99. The molecule has 0 spiro atoms. The van der Waals surface area contributed by atoms with Gasteiger partial charge in [0.15, 0.2) is 0 Å². The molecule has 2 aliphatic heterocycles. The predicted octanol–water partition coefficient (Wildman–Crippen LogP) is 8.62. The number of anilines is 1.